The van der Waals surface area contributed by atoms with Crippen molar-refractivity contribution in [3.63, 3.8) is 0 Å². The number of hydrogen-bond acceptors (Lipinski definition) is 1. The summed E-state index contributed by atoms with van der Waals surface area (Å²) in [7, 11) is 0. The van der Waals surface area contributed by atoms with Crippen molar-refractivity contribution in [1.82, 2.24) is 5.32 Å². The lowest BCUT2D eigenvalue weighted by Gasteiger charge is -2.25. The van der Waals surface area contributed by atoms with Gasteiger partial charge in [-0.25, -0.2) is 0 Å². The van der Waals surface area contributed by atoms with Crippen molar-refractivity contribution in [3.8, 4) is 0 Å². The summed E-state index contributed by atoms with van der Waals surface area (Å²) in [5.41, 5.74) is 1.45. The van der Waals surface area contributed by atoms with E-state index in [1.165, 1.54) is 55.0 Å². The van der Waals surface area contributed by atoms with E-state index in [0.29, 0.717) is 6.04 Å². The maximum atomic E-state index is 3.67. The van der Waals surface area contributed by atoms with Crippen LogP contribution in [-0.4, -0.2) is 12.6 Å². The highest BCUT2D eigenvalue weighted by Gasteiger charge is 2.16. The highest BCUT2D eigenvalue weighted by molar-refractivity contribution is 9.10. The number of rotatable bonds is 7. The van der Waals surface area contributed by atoms with Crippen LogP contribution in [0, 0.1) is 5.92 Å². The molecule has 112 valence electrons. The highest BCUT2D eigenvalue weighted by atomic mass is 79.9. The van der Waals surface area contributed by atoms with E-state index in [9.17, 15) is 0 Å². The minimum atomic E-state index is 0.642. The van der Waals surface area contributed by atoms with Crippen LogP contribution in [0.4, 0.5) is 0 Å². The van der Waals surface area contributed by atoms with Crippen LogP contribution in [0.3, 0.4) is 0 Å². The Balaban J connectivity index is 1.81. The molecule has 0 radical (unpaired) electrons. The van der Waals surface area contributed by atoms with Gasteiger partial charge in [0.05, 0.1) is 0 Å². The third-order valence-corrected chi connectivity index (χ3v) is 5.06. The molecule has 0 aromatic heterocycles. The SMILES string of the molecule is CCNC(CCC1CCCCC1)Cc1ccc(Br)cc1. The Hall–Kier alpha value is -0.340. The molecule has 0 bridgehead atoms. The van der Waals surface area contributed by atoms with Crippen molar-refractivity contribution in [2.75, 3.05) is 6.54 Å². The summed E-state index contributed by atoms with van der Waals surface area (Å²) < 4.78 is 1.17. The smallest absolute Gasteiger partial charge is 0.0175 e. The molecule has 0 spiro atoms. The summed E-state index contributed by atoms with van der Waals surface area (Å²) in [5.74, 6) is 0.995. The van der Waals surface area contributed by atoms with E-state index in [4.69, 9.17) is 0 Å². The van der Waals surface area contributed by atoms with Crippen LogP contribution in [0.15, 0.2) is 28.7 Å². The van der Waals surface area contributed by atoms with Gasteiger partial charge in [0.1, 0.15) is 0 Å². The molecule has 1 aliphatic rings. The predicted molar refractivity (Wildman–Crippen MR) is 91.1 cm³/mol. The Kier molecular flexibility index (Phi) is 7.09. The summed E-state index contributed by atoms with van der Waals surface area (Å²) in [4.78, 5) is 0. The lowest BCUT2D eigenvalue weighted by molar-refractivity contribution is 0.313. The van der Waals surface area contributed by atoms with E-state index >= 15 is 0 Å². The van der Waals surface area contributed by atoms with Gasteiger partial charge in [-0.1, -0.05) is 67.1 Å². The van der Waals surface area contributed by atoms with Gasteiger partial charge in [0, 0.05) is 10.5 Å². The average molecular weight is 338 g/mol. The third-order valence-electron chi connectivity index (χ3n) is 4.54. The first-order valence-corrected chi connectivity index (χ1v) is 9.05. The zero-order chi connectivity index (χ0) is 14.2. The topological polar surface area (TPSA) is 12.0 Å². The van der Waals surface area contributed by atoms with Crippen LogP contribution in [0.5, 0.6) is 0 Å². The zero-order valence-electron chi connectivity index (χ0n) is 12.7. The summed E-state index contributed by atoms with van der Waals surface area (Å²) in [6.45, 7) is 3.29. The second-order valence-corrected chi connectivity index (χ2v) is 7.08. The first kappa shape index (κ1) is 16.0. The quantitative estimate of drug-likeness (QED) is 0.708. The van der Waals surface area contributed by atoms with Crippen LogP contribution in [0.25, 0.3) is 0 Å². The van der Waals surface area contributed by atoms with Gasteiger partial charge in [-0.05, 0) is 49.4 Å². The molecule has 1 N–H and O–H groups in total. The highest BCUT2D eigenvalue weighted by Crippen LogP contribution is 2.28. The molecule has 1 unspecified atom stereocenters. The molecule has 1 fully saturated rings. The third kappa shape index (κ3) is 5.57. The fourth-order valence-electron chi connectivity index (χ4n) is 3.38. The van der Waals surface area contributed by atoms with E-state index in [1.807, 2.05) is 0 Å². The fraction of sp³-hybridized carbons (Fsp3) is 0.667. The summed E-state index contributed by atoms with van der Waals surface area (Å²) in [6, 6.07) is 9.44. The van der Waals surface area contributed by atoms with Gasteiger partial charge in [-0.2, -0.15) is 0 Å². The van der Waals surface area contributed by atoms with Gasteiger partial charge in [0.2, 0.25) is 0 Å². The summed E-state index contributed by atoms with van der Waals surface area (Å²) in [5, 5.41) is 3.67. The van der Waals surface area contributed by atoms with Crippen molar-refractivity contribution in [3.05, 3.63) is 34.3 Å². The van der Waals surface area contributed by atoms with Gasteiger partial charge in [0.15, 0.2) is 0 Å². The molecule has 1 nitrogen and oxygen atoms in total. The Labute approximate surface area is 132 Å². The molecular formula is C18H28BrN. The fourth-order valence-corrected chi connectivity index (χ4v) is 3.65. The largest absolute Gasteiger partial charge is 0.314 e. The maximum Gasteiger partial charge on any atom is 0.0175 e. The maximum absolute atomic E-state index is 3.67. The molecule has 2 heteroatoms. The van der Waals surface area contributed by atoms with Crippen molar-refractivity contribution in [1.29, 1.82) is 0 Å². The number of nitrogens with one attached hydrogen (secondary N) is 1. The number of benzene rings is 1. The average Bonchev–Trinajstić information content (AvgIpc) is 2.48. The van der Waals surface area contributed by atoms with Crippen LogP contribution in [-0.2, 0) is 6.42 Å². The molecule has 0 saturated heterocycles. The van der Waals surface area contributed by atoms with E-state index < -0.39 is 0 Å². The zero-order valence-corrected chi connectivity index (χ0v) is 14.3. The van der Waals surface area contributed by atoms with Crippen molar-refractivity contribution < 1.29 is 0 Å². The van der Waals surface area contributed by atoms with Gasteiger partial charge in [-0.3, -0.25) is 0 Å². The van der Waals surface area contributed by atoms with Crippen LogP contribution < -0.4 is 5.32 Å². The van der Waals surface area contributed by atoms with Crippen LogP contribution >= 0.6 is 15.9 Å². The molecule has 2 rings (SSSR count). The second kappa shape index (κ2) is 8.84. The van der Waals surface area contributed by atoms with E-state index in [1.54, 1.807) is 0 Å². The molecule has 0 amide bonds. The van der Waals surface area contributed by atoms with Gasteiger partial charge in [0.25, 0.3) is 0 Å². The first-order valence-electron chi connectivity index (χ1n) is 8.25. The Morgan fingerprint density at radius 1 is 1.15 bits per heavy atom. The predicted octanol–water partition coefficient (Wildman–Crippen LogP) is 5.33. The van der Waals surface area contributed by atoms with Gasteiger partial charge >= 0.3 is 0 Å². The normalized spacial score (nSPS) is 18.1. The van der Waals surface area contributed by atoms with Crippen LogP contribution in [0.1, 0.15) is 57.4 Å². The molecule has 1 atom stereocenters. The van der Waals surface area contributed by atoms with Crippen molar-refractivity contribution >= 4 is 15.9 Å². The molecule has 1 aromatic carbocycles. The van der Waals surface area contributed by atoms with Crippen molar-refractivity contribution in [2.45, 2.75) is 64.3 Å². The lowest BCUT2D eigenvalue weighted by Crippen LogP contribution is -2.31. The minimum absolute atomic E-state index is 0.642. The van der Waals surface area contributed by atoms with E-state index in [0.717, 1.165) is 18.9 Å². The summed E-state index contributed by atoms with van der Waals surface area (Å²) in [6.07, 6.45) is 11.2. The molecule has 1 aromatic rings. The number of likely N-dealkylation sites (N-methyl/N-ethyl adjacent to an activating group) is 1. The standard InChI is InChI=1S/C18H28BrN/c1-2-20-18(13-10-15-6-4-3-5-7-15)14-16-8-11-17(19)12-9-16/h8-9,11-12,15,18,20H,2-7,10,13-14H2,1H3. The first-order chi connectivity index (χ1) is 9.78. The molecule has 20 heavy (non-hydrogen) atoms. The molecule has 0 heterocycles. The number of hydrogen-bond donors (Lipinski definition) is 1. The lowest BCUT2D eigenvalue weighted by atomic mass is 9.84. The van der Waals surface area contributed by atoms with Gasteiger partial charge < -0.3 is 5.32 Å². The van der Waals surface area contributed by atoms with Crippen molar-refractivity contribution in [2.24, 2.45) is 5.92 Å². The van der Waals surface area contributed by atoms with Gasteiger partial charge in [-0.15, -0.1) is 0 Å². The summed E-state index contributed by atoms with van der Waals surface area (Å²) >= 11 is 3.51. The Morgan fingerprint density at radius 3 is 2.50 bits per heavy atom. The Morgan fingerprint density at radius 2 is 1.85 bits per heavy atom. The van der Waals surface area contributed by atoms with E-state index in [2.05, 4.69) is 52.4 Å². The minimum Gasteiger partial charge on any atom is -0.314 e. The second-order valence-electron chi connectivity index (χ2n) is 6.17. The van der Waals surface area contributed by atoms with E-state index in [-0.39, 0.29) is 0 Å². The van der Waals surface area contributed by atoms with Crippen LogP contribution in [0.2, 0.25) is 0 Å². The molecule has 0 aliphatic heterocycles. The molecule has 1 saturated carbocycles. The Bertz CT molecular complexity index is 368. The molecule has 1 aliphatic carbocycles. The molecular weight excluding hydrogens is 310 g/mol. The monoisotopic (exact) mass is 337 g/mol. The number of halogens is 1.